The van der Waals surface area contributed by atoms with Gasteiger partial charge in [0.1, 0.15) is 11.9 Å². The van der Waals surface area contributed by atoms with E-state index in [4.69, 9.17) is 0 Å². The van der Waals surface area contributed by atoms with Crippen LogP contribution in [0.4, 0.5) is 14.5 Å². The lowest BCUT2D eigenvalue weighted by Gasteiger charge is -2.18. The van der Waals surface area contributed by atoms with Gasteiger partial charge in [0.25, 0.3) is 0 Å². The van der Waals surface area contributed by atoms with Crippen LogP contribution in [0.1, 0.15) is 25.0 Å². The van der Waals surface area contributed by atoms with Crippen LogP contribution in [0.25, 0.3) is 0 Å². The predicted molar refractivity (Wildman–Crippen MR) is 65.2 cm³/mol. The van der Waals surface area contributed by atoms with Crippen molar-refractivity contribution in [3.05, 3.63) is 39.4 Å². The highest BCUT2D eigenvalue weighted by molar-refractivity contribution is 5.70. The summed E-state index contributed by atoms with van der Waals surface area (Å²) in [5, 5.41) is 29.9. The minimum atomic E-state index is -1.94. The van der Waals surface area contributed by atoms with Crippen molar-refractivity contribution in [1.29, 1.82) is 0 Å². The molecular formula is C12H13F2NO6. The van der Waals surface area contributed by atoms with Gasteiger partial charge in [-0.05, 0) is 6.92 Å². The minimum absolute atomic E-state index is 0.0536. The standard InChI is InChI=1S/C12H13F2NO6/c1-2-21-11(17)5-10(16)12(18)6-3-9(15(19)20)8(14)4-7(6)13/h3-4,10,12,16,18H,2,5H2,1H3. The molecule has 0 aliphatic heterocycles. The lowest BCUT2D eigenvalue weighted by molar-refractivity contribution is -0.387. The molecule has 0 heterocycles. The number of benzene rings is 1. The molecule has 0 bridgehead atoms. The molecule has 2 atom stereocenters. The Hall–Kier alpha value is -2.13. The van der Waals surface area contributed by atoms with Crippen molar-refractivity contribution < 1.29 is 33.4 Å². The van der Waals surface area contributed by atoms with Gasteiger partial charge in [0.15, 0.2) is 0 Å². The van der Waals surface area contributed by atoms with Gasteiger partial charge in [-0.25, -0.2) is 4.39 Å². The number of hydrogen-bond donors (Lipinski definition) is 2. The van der Waals surface area contributed by atoms with Crippen molar-refractivity contribution in [2.45, 2.75) is 25.6 Å². The van der Waals surface area contributed by atoms with Gasteiger partial charge >= 0.3 is 11.7 Å². The van der Waals surface area contributed by atoms with E-state index in [1.165, 1.54) is 6.92 Å². The molecule has 1 aromatic rings. The quantitative estimate of drug-likeness (QED) is 0.464. The van der Waals surface area contributed by atoms with Crippen LogP contribution in [0, 0.1) is 21.7 Å². The highest BCUT2D eigenvalue weighted by Crippen LogP contribution is 2.28. The van der Waals surface area contributed by atoms with E-state index >= 15 is 0 Å². The first-order chi connectivity index (χ1) is 9.77. The Bertz CT molecular complexity index is 551. The molecule has 2 N–H and O–H groups in total. The molecule has 2 unspecified atom stereocenters. The van der Waals surface area contributed by atoms with Gasteiger partial charge in [0, 0.05) is 17.7 Å². The van der Waals surface area contributed by atoms with Crippen LogP contribution in [0.3, 0.4) is 0 Å². The molecule has 7 nitrogen and oxygen atoms in total. The van der Waals surface area contributed by atoms with Gasteiger partial charge in [0.2, 0.25) is 5.82 Å². The van der Waals surface area contributed by atoms with Crippen LogP contribution in [0.15, 0.2) is 12.1 Å². The maximum absolute atomic E-state index is 13.5. The van der Waals surface area contributed by atoms with E-state index in [1.54, 1.807) is 0 Å². The number of carbonyl (C=O) groups is 1. The molecule has 0 aromatic heterocycles. The smallest absolute Gasteiger partial charge is 0.308 e. The number of hydrogen-bond acceptors (Lipinski definition) is 6. The maximum Gasteiger partial charge on any atom is 0.308 e. The molecule has 1 rings (SSSR count). The lowest BCUT2D eigenvalue weighted by atomic mass is 10.0. The Labute approximate surface area is 117 Å². The third-order valence-corrected chi connectivity index (χ3v) is 2.63. The summed E-state index contributed by atoms with van der Waals surface area (Å²) in [6, 6.07) is 0.706. The summed E-state index contributed by atoms with van der Waals surface area (Å²) < 4.78 is 31.2. The normalized spacial score (nSPS) is 13.6. The Morgan fingerprint density at radius 2 is 2.00 bits per heavy atom. The Balaban J connectivity index is 3.01. The third-order valence-electron chi connectivity index (χ3n) is 2.63. The van der Waals surface area contributed by atoms with Gasteiger partial charge in [-0.2, -0.15) is 4.39 Å². The molecule has 0 aliphatic rings. The van der Waals surface area contributed by atoms with Gasteiger partial charge < -0.3 is 14.9 Å². The summed E-state index contributed by atoms with van der Waals surface area (Å²) in [5.41, 5.74) is -1.73. The SMILES string of the molecule is CCOC(=O)CC(O)C(O)c1cc([N+](=O)[O-])c(F)cc1F. The number of rotatable bonds is 6. The van der Waals surface area contributed by atoms with E-state index in [2.05, 4.69) is 4.74 Å². The minimum Gasteiger partial charge on any atom is -0.466 e. The lowest BCUT2D eigenvalue weighted by Crippen LogP contribution is -2.24. The number of carbonyl (C=O) groups excluding carboxylic acids is 1. The van der Waals surface area contributed by atoms with E-state index in [9.17, 15) is 33.9 Å². The molecule has 116 valence electrons. The molecule has 0 saturated carbocycles. The Morgan fingerprint density at radius 1 is 1.38 bits per heavy atom. The Morgan fingerprint density at radius 3 is 2.52 bits per heavy atom. The fourth-order valence-electron chi connectivity index (χ4n) is 1.63. The number of ether oxygens (including phenoxy) is 1. The topological polar surface area (TPSA) is 110 Å². The zero-order valence-corrected chi connectivity index (χ0v) is 11.0. The molecule has 9 heteroatoms. The number of aliphatic hydroxyl groups is 2. The van der Waals surface area contributed by atoms with Gasteiger partial charge in [-0.15, -0.1) is 0 Å². The molecule has 0 aliphatic carbocycles. The molecule has 0 amide bonds. The number of nitro benzene ring substituents is 1. The molecule has 0 spiro atoms. The fourth-order valence-corrected chi connectivity index (χ4v) is 1.63. The average molecular weight is 305 g/mol. The second-order valence-corrected chi connectivity index (χ2v) is 4.10. The number of nitro groups is 1. The monoisotopic (exact) mass is 305 g/mol. The van der Waals surface area contributed by atoms with Crippen LogP contribution >= 0.6 is 0 Å². The van der Waals surface area contributed by atoms with E-state index in [1.807, 2.05) is 0 Å². The second-order valence-electron chi connectivity index (χ2n) is 4.10. The van der Waals surface area contributed by atoms with Crippen molar-refractivity contribution in [2.75, 3.05) is 6.61 Å². The molecule has 1 aromatic carbocycles. The van der Waals surface area contributed by atoms with Crippen molar-refractivity contribution >= 4 is 11.7 Å². The summed E-state index contributed by atoms with van der Waals surface area (Å²) in [6.45, 7) is 1.59. The van der Waals surface area contributed by atoms with E-state index in [0.717, 1.165) is 0 Å². The second kappa shape index (κ2) is 7.04. The highest BCUT2D eigenvalue weighted by atomic mass is 19.1. The number of nitrogens with zero attached hydrogens (tertiary/aromatic N) is 1. The number of esters is 1. The number of aliphatic hydroxyl groups excluding tert-OH is 2. The predicted octanol–water partition coefficient (Wildman–Crippen LogP) is 1.22. The summed E-state index contributed by atoms with van der Waals surface area (Å²) in [7, 11) is 0. The molecular weight excluding hydrogens is 292 g/mol. The average Bonchev–Trinajstić information content (AvgIpc) is 2.37. The van der Waals surface area contributed by atoms with Crippen LogP contribution in [0.2, 0.25) is 0 Å². The largest absolute Gasteiger partial charge is 0.466 e. The first kappa shape index (κ1) is 16.9. The first-order valence-corrected chi connectivity index (χ1v) is 5.93. The highest BCUT2D eigenvalue weighted by Gasteiger charge is 2.28. The van der Waals surface area contributed by atoms with Crippen LogP contribution in [0.5, 0.6) is 0 Å². The van der Waals surface area contributed by atoms with Crippen LogP contribution in [-0.4, -0.2) is 33.8 Å². The molecule has 0 saturated heterocycles. The summed E-state index contributed by atoms with van der Waals surface area (Å²) in [5.74, 6) is -3.51. The molecule has 0 fully saturated rings. The van der Waals surface area contributed by atoms with E-state index < -0.39 is 52.4 Å². The number of halogens is 2. The van der Waals surface area contributed by atoms with Crippen molar-refractivity contribution in [3.63, 3.8) is 0 Å². The third kappa shape index (κ3) is 4.17. The zero-order valence-electron chi connectivity index (χ0n) is 11.0. The van der Waals surface area contributed by atoms with E-state index in [-0.39, 0.29) is 12.7 Å². The van der Waals surface area contributed by atoms with Crippen molar-refractivity contribution in [1.82, 2.24) is 0 Å². The van der Waals surface area contributed by atoms with Gasteiger partial charge in [-0.3, -0.25) is 14.9 Å². The van der Waals surface area contributed by atoms with E-state index in [0.29, 0.717) is 6.07 Å². The first-order valence-electron chi connectivity index (χ1n) is 5.93. The Kier molecular flexibility index (Phi) is 5.68. The van der Waals surface area contributed by atoms with Crippen LogP contribution in [-0.2, 0) is 9.53 Å². The van der Waals surface area contributed by atoms with Gasteiger partial charge in [0.05, 0.1) is 24.1 Å². The summed E-state index contributed by atoms with van der Waals surface area (Å²) in [4.78, 5) is 20.6. The maximum atomic E-state index is 13.5. The molecule has 21 heavy (non-hydrogen) atoms. The fraction of sp³-hybridized carbons (Fsp3) is 0.417. The molecule has 0 radical (unpaired) electrons. The zero-order chi connectivity index (χ0) is 16.2. The van der Waals surface area contributed by atoms with Crippen molar-refractivity contribution in [3.8, 4) is 0 Å². The van der Waals surface area contributed by atoms with Crippen molar-refractivity contribution in [2.24, 2.45) is 0 Å². The summed E-state index contributed by atoms with van der Waals surface area (Å²) >= 11 is 0. The van der Waals surface area contributed by atoms with Crippen LogP contribution < -0.4 is 0 Å². The summed E-state index contributed by atoms with van der Waals surface area (Å²) in [6.07, 6.45) is -4.32. The van der Waals surface area contributed by atoms with Gasteiger partial charge in [-0.1, -0.05) is 0 Å².